The second-order valence-corrected chi connectivity index (χ2v) is 5.32. The second kappa shape index (κ2) is 4.54. The highest BCUT2D eigenvalue weighted by atomic mass is 35.5. The zero-order valence-corrected chi connectivity index (χ0v) is 11.6. The average molecular weight is 279 g/mol. The Morgan fingerprint density at radius 2 is 2.21 bits per heavy atom. The van der Waals surface area contributed by atoms with Crippen LogP contribution in [0.5, 0.6) is 5.75 Å². The number of aryl methyl sites for hydroxylation is 2. The number of halogens is 1. The van der Waals surface area contributed by atoms with Crippen LogP contribution < -0.4 is 4.74 Å². The minimum atomic E-state index is -0.563. The van der Waals surface area contributed by atoms with Crippen molar-refractivity contribution in [3.8, 4) is 5.75 Å². The number of rotatable bonds is 1. The van der Waals surface area contributed by atoms with Crippen LogP contribution in [0.2, 0.25) is 5.02 Å². The highest BCUT2D eigenvalue weighted by Crippen LogP contribution is 2.42. The van der Waals surface area contributed by atoms with Gasteiger partial charge in [-0.1, -0.05) is 11.6 Å². The first-order valence-corrected chi connectivity index (χ1v) is 6.56. The van der Waals surface area contributed by atoms with Crippen LogP contribution in [0.4, 0.5) is 0 Å². The number of nitrogens with zero attached hydrogens (tertiary/aromatic N) is 2. The lowest BCUT2D eigenvalue weighted by Gasteiger charge is -2.29. The Labute approximate surface area is 116 Å². The molecule has 1 N–H and O–H groups in total. The van der Waals surface area contributed by atoms with Crippen molar-refractivity contribution in [2.75, 3.05) is 0 Å². The van der Waals surface area contributed by atoms with Crippen LogP contribution in [0.3, 0.4) is 0 Å². The summed E-state index contributed by atoms with van der Waals surface area (Å²) in [7, 11) is 1.88. The summed E-state index contributed by atoms with van der Waals surface area (Å²) in [4.78, 5) is 0. The number of ether oxygens (including phenoxy) is 1. The molecule has 2 atom stereocenters. The van der Waals surface area contributed by atoms with E-state index in [0.717, 1.165) is 16.8 Å². The van der Waals surface area contributed by atoms with E-state index >= 15 is 0 Å². The van der Waals surface area contributed by atoms with Gasteiger partial charge in [0, 0.05) is 35.8 Å². The van der Waals surface area contributed by atoms with E-state index in [1.165, 1.54) is 0 Å². The molecule has 0 saturated carbocycles. The molecule has 0 saturated heterocycles. The molecule has 19 heavy (non-hydrogen) atoms. The summed E-state index contributed by atoms with van der Waals surface area (Å²) in [5, 5.41) is 15.2. The molecule has 0 fully saturated rings. The second-order valence-electron chi connectivity index (χ2n) is 4.88. The van der Waals surface area contributed by atoms with E-state index in [0.29, 0.717) is 17.2 Å². The summed E-state index contributed by atoms with van der Waals surface area (Å²) < 4.78 is 7.73. The fourth-order valence-electron chi connectivity index (χ4n) is 2.54. The molecular weight excluding hydrogens is 264 g/mol. The fraction of sp³-hybridized carbons (Fsp3) is 0.357. The highest BCUT2D eigenvalue weighted by Gasteiger charge is 2.30. The molecule has 100 valence electrons. The molecule has 1 unspecified atom stereocenters. The van der Waals surface area contributed by atoms with Gasteiger partial charge in [-0.15, -0.1) is 0 Å². The van der Waals surface area contributed by atoms with Gasteiger partial charge in [0.25, 0.3) is 0 Å². The minimum absolute atomic E-state index is 0.169. The van der Waals surface area contributed by atoms with Crippen molar-refractivity contribution < 1.29 is 9.84 Å². The van der Waals surface area contributed by atoms with Crippen LogP contribution in [0.1, 0.15) is 35.4 Å². The molecule has 4 nitrogen and oxygen atoms in total. The van der Waals surface area contributed by atoms with Crippen LogP contribution >= 0.6 is 11.6 Å². The van der Waals surface area contributed by atoms with E-state index in [4.69, 9.17) is 16.3 Å². The van der Waals surface area contributed by atoms with E-state index in [-0.39, 0.29) is 6.10 Å². The summed E-state index contributed by atoms with van der Waals surface area (Å²) in [5.74, 6) is 0.691. The Hall–Kier alpha value is -1.52. The lowest BCUT2D eigenvalue weighted by atomic mass is 9.95. The molecule has 2 aromatic rings. The molecule has 1 aromatic carbocycles. The van der Waals surface area contributed by atoms with Gasteiger partial charge in [-0.3, -0.25) is 4.68 Å². The number of benzene rings is 1. The number of aliphatic hydroxyl groups excluding tert-OH is 1. The van der Waals surface area contributed by atoms with Crippen molar-refractivity contribution in [2.24, 2.45) is 7.05 Å². The van der Waals surface area contributed by atoms with Gasteiger partial charge >= 0.3 is 0 Å². The van der Waals surface area contributed by atoms with Crippen LogP contribution in [0, 0.1) is 6.92 Å². The molecule has 1 aromatic heterocycles. The monoisotopic (exact) mass is 278 g/mol. The van der Waals surface area contributed by atoms with Crippen molar-refractivity contribution >= 4 is 11.6 Å². The number of aromatic nitrogens is 2. The van der Waals surface area contributed by atoms with Gasteiger partial charge in [0.05, 0.1) is 11.8 Å². The molecule has 2 heterocycles. The lowest BCUT2D eigenvalue weighted by Crippen LogP contribution is -2.19. The molecule has 0 radical (unpaired) electrons. The van der Waals surface area contributed by atoms with Crippen LogP contribution in [-0.2, 0) is 7.05 Å². The van der Waals surface area contributed by atoms with Crippen molar-refractivity contribution in [1.29, 1.82) is 0 Å². The zero-order valence-electron chi connectivity index (χ0n) is 10.8. The average Bonchev–Trinajstić information content (AvgIpc) is 2.69. The van der Waals surface area contributed by atoms with Gasteiger partial charge in [0.15, 0.2) is 0 Å². The Bertz CT molecular complexity index is 624. The summed E-state index contributed by atoms with van der Waals surface area (Å²) >= 11 is 5.94. The van der Waals surface area contributed by atoms with Gasteiger partial charge in [-0.05, 0) is 25.1 Å². The van der Waals surface area contributed by atoms with Gasteiger partial charge in [-0.25, -0.2) is 0 Å². The molecule has 5 heteroatoms. The Kier molecular flexibility index (Phi) is 2.99. The van der Waals surface area contributed by atoms with Crippen molar-refractivity contribution in [3.63, 3.8) is 0 Å². The van der Waals surface area contributed by atoms with Crippen LogP contribution in [0.25, 0.3) is 0 Å². The predicted molar refractivity (Wildman–Crippen MR) is 72.3 cm³/mol. The topological polar surface area (TPSA) is 47.3 Å². The molecule has 0 amide bonds. The van der Waals surface area contributed by atoms with Gasteiger partial charge in [0.1, 0.15) is 11.9 Å². The fourth-order valence-corrected chi connectivity index (χ4v) is 2.72. The largest absolute Gasteiger partial charge is 0.485 e. The van der Waals surface area contributed by atoms with Crippen LogP contribution in [0.15, 0.2) is 24.4 Å². The Balaban J connectivity index is 1.97. The normalized spacial score (nSPS) is 21.9. The SMILES string of the molecule is Cc1nn(C)cc1C1C[C@H](O)c2cc(Cl)ccc2O1. The molecule has 0 bridgehead atoms. The Morgan fingerprint density at radius 1 is 1.42 bits per heavy atom. The molecule has 0 aliphatic carbocycles. The third kappa shape index (κ3) is 2.22. The zero-order chi connectivity index (χ0) is 13.6. The van der Waals surface area contributed by atoms with Gasteiger partial charge in [0.2, 0.25) is 0 Å². The van der Waals surface area contributed by atoms with E-state index in [9.17, 15) is 5.11 Å². The number of hydrogen-bond acceptors (Lipinski definition) is 3. The van der Waals surface area contributed by atoms with E-state index in [2.05, 4.69) is 5.10 Å². The first-order valence-electron chi connectivity index (χ1n) is 6.19. The molecular formula is C14H15ClN2O2. The molecule has 1 aliphatic rings. The maximum absolute atomic E-state index is 10.2. The third-order valence-corrected chi connectivity index (χ3v) is 3.67. The van der Waals surface area contributed by atoms with Gasteiger partial charge < -0.3 is 9.84 Å². The quantitative estimate of drug-likeness (QED) is 0.872. The maximum atomic E-state index is 10.2. The van der Waals surface area contributed by atoms with Crippen molar-refractivity contribution in [1.82, 2.24) is 9.78 Å². The van der Waals surface area contributed by atoms with Crippen molar-refractivity contribution in [3.05, 3.63) is 46.2 Å². The third-order valence-electron chi connectivity index (χ3n) is 3.44. The molecule has 1 aliphatic heterocycles. The van der Waals surface area contributed by atoms with E-state index < -0.39 is 6.10 Å². The number of aliphatic hydroxyl groups is 1. The van der Waals surface area contributed by atoms with E-state index in [1.54, 1.807) is 22.9 Å². The standard InChI is InChI=1S/C14H15ClN2O2/c1-8-11(7-17(2)16-8)14-6-12(18)10-5-9(15)3-4-13(10)19-14/h3-5,7,12,14,18H,6H2,1-2H3/t12-,14?/m0/s1. The summed E-state index contributed by atoms with van der Waals surface area (Å²) in [6.07, 6.45) is 1.72. The molecule has 3 rings (SSSR count). The van der Waals surface area contributed by atoms with E-state index in [1.807, 2.05) is 20.2 Å². The van der Waals surface area contributed by atoms with Crippen LogP contribution in [-0.4, -0.2) is 14.9 Å². The lowest BCUT2D eigenvalue weighted by molar-refractivity contribution is 0.0654. The predicted octanol–water partition coefficient (Wildman–Crippen LogP) is 2.94. The summed E-state index contributed by atoms with van der Waals surface area (Å²) in [5.41, 5.74) is 2.70. The highest BCUT2D eigenvalue weighted by molar-refractivity contribution is 6.30. The Morgan fingerprint density at radius 3 is 2.89 bits per heavy atom. The maximum Gasteiger partial charge on any atom is 0.130 e. The minimum Gasteiger partial charge on any atom is -0.485 e. The number of hydrogen-bond donors (Lipinski definition) is 1. The van der Waals surface area contributed by atoms with Gasteiger partial charge in [-0.2, -0.15) is 5.10 Å². The first kappa shape index (κ1) is 12.5. The number of fused-ring (bicyclic) bond motifs is 1. The first-order chi connectivity index (χ1) is 9.04. The van der Waals surface area contributed by atoms with Crippen molar-refractivity contribution in [2.45, 2.75) is 25.6 Å². The summed E-state index contributed by atoms with van der Waals surface area (Å²) in [6.45, 7) is 1.95. The molecule has 0 spiro atoms. The summed E-state index contributed by atoms with van der Waals surface area (Å²) in [6, 6.07) is 5.33. The smallest absolute Gasteiger partial charge is 0.130 e.